The Morgan fingerprint density at radius 1 is 1.40 bits per heavy atom. The Bertz CT molecular complexity index is 756. The highest BCUT2D eigenvalue weighted by atomic mass is 32.1. The van der Waals surface area contributed by atoms with Crippen LogP contribution in [0.5, 0.6) is 0 Å². The Labute approximate surface area is 119 Å². The second-order valence-electron chi connectivity index (χ2n) is 5.09. The molecule has 2 aromatic rings. The maximum Gasteiger partial charge on any atom is 0.337 e. The number of nitrogens with one attached hydrogen (secondary N) is 2. The first-order chi connectivity index (χ1) is 9.65. The van der Waals surface area contributed by atoms with Crippen LogP contribution in [-0.2, 0) is 9.53 Å². The molecule has 102 valence electrons. The molecule has 2 aliphatic rings. The van der Waals surface area contributed by atoms with Gasteiger partial charge in [-0.25, -0.2) is 4.79 Å². The molecule has 0 radical (unpaired) electrons. The van der Waals surface area contributed by atoms with Gasteiger partial charge in [-0.15, -0.1) is 11.3 Å². The number of thiophene rings is 1. The van der Waals surface area contributed by atoms with E-state index >= 15 is 0 Å². The summed E-state index contributed by atoms with van der Waals surface area (Å²) in [6, 6.07) is 4.17. The standard InChI is InChI=1S/C14H13N3O2S/c1-6-3-4-9(20-6)12-10-7(2)16-17-13(10)15-8-5-19-14(18)11(8)12/h3-4,12H,5H2,1-2H3,(H2,15,16,17)/t12-/m1/s1. The maximum absolute atomic E-state index is 12.1. The number of carbonyl (C=O) groups is 1. The molecule has 20 heavy (non-hydrogen) atoms. The normalized spacial score (nSPS) is 20.5. The van der Waals surface area contributed by atoms with Gasteiger partial charge < -0.3 is 10.1 Å². The van der Waals surface area contributed by atoms with Crippen LogP contribution in [0.15, 0.2) is 23.4 Å². The molecule has 0 amide bonds. The van der Waals surface area contributed by atoms with E-state index in [0.29, 0.717) is 6.61 Å². The molecule has 6 heteroatoms. The fourth-order valence-corrected chi connectivity index (χ4v) is 3.88. The molecule has 2 aromatic heterocycles. The lowest BCUT2D eigenvalue weighted by Crippen LogP contribution is -2.19. The number of cyclic esters (lactones) is 1. The number of carbonyl (C=O) groups excluding carboxylic acids is 1. The molecular formula is C14H13N3O2S. The quantitative estimate of drug-likeness (QED) is 0.791. The molecule has 0 unspecified atom stereocenters. The zero-order valence-corrected chi connectivity index (χ0v) is 11.9. The van der Waals surface area contributed by atoms with Crippen LogP contribution < -0.4 is 5.32 Å². The Balaban J connectivity index is 1.96. The molecule has 4 heterocycles. The van der Waals surface area contributed by atoms with Crippen LogP contribution in [0.4, 0.5) is 5.82 Å². The molecule has 0 fully saturated rings. The molecule has 0 saturated heterocycles. The van der Waals surface area contributed by atoms with E-state index in [9.17, 15) is 4.79 Å². The SMILES string of the molecule is Cc1ccc([C@H]2C3=C(COC3=O)Nc3n[nH]c(C)c32)s1. The van der Waals surface area contributed by atoms with E-state index in [1.165, 1.54) is 4.88 Å². The van der Waals surface area contributed by atoms with Gasteiger partial charge in [-0.2, -0.15) is 5.10 Å². The van der Waals surface area contributed by atoms with Crippen molar-refractivity contribution in [1.29, 1.82) is 0 Å². The first kappa shape index (κ1) is 11.7. The lowest BCUT2D eigenvalue weighted by Gasteiger charge is -2.22. The number of anilines is 1. The van der Waals surface area contributed by atoms with Crippen molar-refractivity contribution in [3.63, 3.8) is 0 Å². The first-order valence-electron chi connectivity index (χ1n) is 6.43. The number of aromatic nitrogens is 2. The van der Waals surface area contributed by atoms with Gasteiger partial charge in [0.1, 0.15) is 6.61 Å². The molecule has 0 aromatic carbocycles. The summed E-state index contributed by atoms with van der Waals surface area (Å²) in [7, 11) is 0. The third kappa shape index (κ3) is 1.48. The smallest absolute Gasteiger partial charge is 0.337 e. The predicted octanol–water partition coefficient (Wildman–Crippen LogP) is 2.46. The number of H-pyrrole nitrogens is 1. The average molecular weight is 287 g/mol. The number of hydrogen-bond acceptors (Lipinski definition) is 5. The molecule has 2 N–H and O–H groups in total. The van der Waals surface area contributed by atoms with E-state index in [1.807, 2.05) is 6.92 Å². The molecule has 0 spiro atoms. The van der Waals surface area contributed by atoms with Gasteiger partial charge in [0, 0.05) is 21.0 Å². The number of ether oxygens (including phenoxy) is 1. The number of fused-ring (bicyclic) bond motifs is 1. The van der Waals surface area contributed by atoms with Crippen molar-refractivity contribution >= 4 is 23.1 Å². The highest BCUT2D eigenvalue weighted by Crippen LogP contribution is 2.46. The zero-order chi connectivity index (χ0) is 13.9. The van der Waals surface area contributed by atoms with Crippen molar-refractivity contribution < 1.29 is 9.53 Å². The van der Waals surface area contributed by atoms with E-state index in [2.05, 4.69) is 34.6 Å². The minimum atomic E-state index is -0.227. The lowest BCUT2D eigenvalue weighted by atomic mass is 9.86. The third-order valence-electron chi connectivity index (χ3n) is 3.78. The minimum absolute atomic E-state index is 0.0753. The van der Waals surface area contributed by atoms with E-state index in [0.717, 1.165) is 33.2 Å². The molecule has 0 aliphatic carbocycles. The topological polar surface area (TPSA) is 67.0 Å². The van der Waals surface area contributed by atoms with Gasteiger partial charge in [-0.3, -0.25) is 5.10 Å². The molecule has 0 saturated carbocycles. The van der Waals surface area contributed by atoms with Crippen LogP contribution in [0.1, 0.15) is 26.9 Å². The van der Waals surface area contributed by atoms with Gasteiger partial charge in [0.25, 0.3) is 0 Å². The number of rotatable bonds is 1. The Hall–Kier alpha value is -2.08. The van der Waals surface area contributed by atoms with Crippen LogP contribution in [0.25, 0.3) is 0 Å². The summed E-state index contributed by atoms with van der Waals surface area (Å²) in [6.07, 6.45) is 0. The number of aromatic amines is 1. The number of nitrogens with zero attached hydrogens (tertiary/aromatic N) is 1. The van der Waals surface area contributed by atoms with Gasteiger partial charge in [0.05, 0.1) is 17.2 Å². The fraction of sp³-hybridized carbons (Fsp3) is 0.286. The van der Waals surface area contributed by atoms with Crippen molar-refractivity contribution in [2.75, 3.05) is 11.9 Å². The van der Waals surface area contributed by atoms with Crippen LogP contribution in [0, 0.1) is 13.8 Å². The first-order valence-corrected chi connectivity index (χ1v) is 7.25. The summed E-state index contributed by atoms with van der Waals surface area (Å²) in [5, 5.41) is 10.5. The Morgan fingerprint density at radius 2 is 2.25 bits per heavy atom. The van der Waals surface area contributed by atoms with Crippen molar-refractivity contribution in [2.45, 2.75) is 19.8 Å². The summed E-state index contributed by atoms with van der Waals surface area (Å²) in [6.45, 7) is 4.35. The minimum Gasteiger partial charge on any atom is -0.456 e. The van der Waals surface area contributed by atoms with Crippen molar-refractivity contribution in [1.82, 2.24) is 10.2 Å². The zero-order valence-electron chi connectivity index (χ0n) is 11.1. The van der Waals surface area contributed by atoms with Crippen molar-refractivity contribution in [2.24, 2.45) is 0 Å². The number of aryl methyl sites for hydroxylation is 2. The molecule has 1 atom stereocenters. The second kappa shape index (κ2) is 3.96. The highest BCUT2D eigenvalue weighted by molar-refractivity contribution is 7.12. The van der Waals surface area contributed by atoms with Crippen LogP contribution >= 0.6 is 11.3 Å². The lowest BCUT2D eigenvalue weighted by molar-refractivity contribution is -0.136. The molecular weight excluding hydrogens is 274 g/mol. The summed E-state index contributed by atoms with van der Waals surface area (Å²) in [5.74, 6) is 0.499. The van der Waals surface area contributed by atoms with E-state index in [4.69, 9.17) is 4.74 Å². The number of esters is 1. The third-order valence-corrected chi connectivity index (χ3v) is 4.85. The summed E-state index contributed by atoms with van der Waals surface area (Å²) >= 11 is 1.71. The molecule has 2 aliphatic heterocycles. The fourth-order valence-electron chi connectivity index (χ4n) is 2.88. The van der Waals surface area contributed by atoms with Gasteiger partial charge in [0.2, 0.25) is 0 Å². The van der Waals surface area contributed by atoms with Gasteiger partial charge in [0.15, 0.2) is 5.82 Å². The van der Waals surface area contributed by atoms with Crippen molar-refractivity contribution in [3.8, 4) is 0 Å². The Kier molecular flexibility index (Phi) is 2.32. The van der Waals surface area contributed by atoms with Gasteiger partial charge in [-0.05, 0) is 26.0 Å². The van der Waals surface area contributed by atoms with E-state index in [1.54, 1.807) is 11.3 Å². The molecule has 4 rings (SSSR count). The average Bonchev–Trinajstić information content (AvgIpc) is 3.10. The summed E-state index contributed by atoms with van der Waals surface area (Å²) in [5.41, 5.74) is 3.59. The monoisotopic (exact) mass is 287 g/mol. The van der Waals surface area contributed by atoms with Gasteiger partial charge in [-0.1, -0.05) is 0 Å². The predicted molar refractivity (Wildman–Crippen MR) is 75.8 cm³/mol. The summed E-state index contributed by atoms with van der Waals surface area (Å²) in [4.78, 5) is 14.5. The van der Waals surface area contributed by atoms with Crippen LogP contribution in [0.2, 0.25) is 0 Å². The van der Waals surface area contributed by atoms with Crippen LogP contribution in [0.3, 0.4) is 0 Å². The largest absolute Gasteiger partial charge is 0.456 e. The Morgan fingerprint density at radius 3 is 3.00 bits per heavy atom. The summed E-state index contributed by atoms with van der Waals surface area (Å²) < 4.78 is 5.19. The number of hydrogen-bond donors (Lipinski definition) is 2. The van der Waals surface area contributed by atoms with Gasteiger partial charge >= 0.3 is 5.97 Å². The van der Waals surface area contributed by atoms with E-state index < -0.39 is 0 Å². The molecule has 5 nitrogen and oxygen atoms in total. The maximum atomic E-state index is 12.1. The second-order valence-corrected chi connectivity index (χ2v) is 6.41. The van der Waals surface area contributed by atoms with E-state index in [-0.39, 0.29) is 11.9 Å². The van der Waals surface area contributed by atoms with Crippen LogP contribution in [-0.4, -0.2) is 22.8 Å². The molecule has 0 bridgehead atoms. The highest BCUT2D eigenvalue weighted by Gasteiger charge is 2.41. The van der Waals surface area contributed by atoms with Crippen molar-refractivity contribution in [3.05, 3.63) is 44.4 Å².